The predicted molar refractivity (Wildman–Crippen MR) is 239 cm³/mol. The van der Waals surface area contributed by atoms with Crippen molar-refractivity contribution in [3.05, 3.63) is 89.0 Å². The minimum Gasteiger partial charge on any atom is -0.382 e. The van der Waals surface area contributed by atoms with E-state index < -0.39 is 68.7 Å². The van der Waals surface area contributed by atoms with Crippen molar-refractivity contribution in [1.29, 1.82) is 0 Å². The highest BCUT2D eigenvalue weighted by Gasteiger charge is 2.52. The number of amides is 6. The zero-order valence-electron chi connectivity index (χ0n) is 37.2. The Balaban J connectivity index is 0.696. The smallest absolute Gasteiger partial charge is 0.268 e. The minimum absolute atomic E-state index is 0.0209. The Hall–Kier alpha value is -6.25. The van der Waals surface area contributed by atoms with Gasteiger partial charge in [0.05, 0.1) is 77.2 Å². The van der Waals surface area contributed by atoms with Gasteiger partial charge in [0.15, 0.2) is 0 Å². The number of nitrogens with one attached hydrogen (secondary N) is 5. The lowest BCUT2D eigenvalue weighted by molar-refractivity contribution is -0.149. The molecule has 69 heavy (non-hydrogen) atoms. The molecule has 6 amide bonds. The van der Waals surface area contributed by atoms with Crippen LogP contribution in [0.25, 0.3) is 10.9 Å². The van der Waals surface area contributed by atoms with Gasteiger partial charge in [-0.1, -0.05) is 6.07 Å². The fourth-order valence-corrected chi connectivity index (χ4v) is 8.87. The minimum atomic E-state index is -3.98. The van der Waals surface area contributed by atoms with Gasteiger partial charge in [-0.05, 0) is 60.5 Å². The molecule has 2 atom stereocenters. The van der Waals surface area contributed by atoms with Crippen LogP contribution in [0, 0.1) is 11.6 Å². The molecule has 7 rings (SSSR count). The van der Waals surface area contributed by atoms with Gasteiger partial charge in [-0.2, -0.15) is 0 Å². The van der Waals surface area contributed by atoms with Gasteiger partial charge in [0.25, 0.3) is 33.7 Å². The number of benzene rings is 3. The molecule has 6 N–H and O–H groups in total. The van der Waals surface area contributed by atoms with Gasteiger partial charge in [-0.25, -0.2) is 21.9 Å². The number of rotatable bonds is 26. The van der Waals surface area contributed by atoms with Gasteiger partial charge < -0.3 is 49.3 Å². The highest BCUT2D eigenvalue weighted by molar-refractivity contribution is 7.89. The molecule has 3 aliphatic heterocycles. The number of ether oxygens (including phenoxy) is 5. The second-order valence-corrected chi connectivity index (χ2v) is 17.7. The van der Waals surface area contributed by atoms with E-state index >= 15 is 0 Å². The van der Waals surface area contributed by atoms with Crippen molar-refractivity contribution in [3.8, 4) is 0 Å². The van der Waals surface area contributed by atoms with Crippen LogP contribution < -0.4 is 25.6 Å². The van der Waals surface area contributed by atoms with Crippen molar-refractivity contribution in [2.24, 2.45) is 0 Å². The summed E-state index contributed by atoms with van der Waals surface area (Å²) in [5.74, 6) is -5.89. The van der Waals surface area contributed by atoms with E-state index in [1.165, 1.54) is 17.0 Å². The molecule has 0 saturated carbocycles. The average Bonchev–Trinajstić information content (AvgIpc) is 3.97. The number of halogens is 2. The third-order valence-electron chi connectivity index (χ3n) is 11.3. The van der Waals surface area contributed by atoms with E-state index in [2.05, 4.69) is 25.7 Å². The number of aromatic amines is 1. The third kappa shape index (κ3) is 12.3. The number of anilines is 2. The van der Waals surface area contributed by atoms with Crippen molar-refractivity contribution in [2.45, 2.75) is 42.5 Å². The Morgan fingerprint density at radius 3 is 2.09 bits per heavy atom. The molecule has 2 fully saturated rings. The monoisotopic (exact) mass is 983 g/mol. The van der Waals surface area contributed by atoms with E-state index in [1.807, 2.05) is 0 Å². The fraction of sp³-hybridized carbons (Fsp3) is 0.422. The summed E-state index contributed by atoms with van der Waals surface area (Å²) in [4.78, 5) is 81.1. The summed E-state index contributed by atoms with van der Waals surface area (Å²) in [6, 6.07) is 12.5. The topological polar surface area (TPSA) is 273 Å². The number of aliphatic hydroxyl groups is 1. The van der Waals surface area contributed by atoms with Gasteiger partial charge in [-0.3, -0.25) is 39.0 Å². The third-order valence-corrected chi connectivity index (χ3v) is 12.7. The molecule has 0 aliphatic carbocycles. The molecular formula is C45H51F2N7O14S. The molecule has 0 spiro atoms. The summed E-state index contributed by atoms with van der Waals surface area (Å²) in [5.41, 5.74) is -0.742. The summed E-state index contributed by atoms with van der Waals surface area (Å²) >= 11 is 0. The van der Waals surface area contributed by atoms with Crippen LogP contribution in [0.2, 0.25) is 0 Å². The Kier molecular flexibility index (Phi) is 16.8. The van der Waals surface area contributed by atoms with Crippen LogP contribution in [0.4, 0.5) is 20.2 Å². The zero-order chi connectivity index (χ0) is 49.1. The van der Waals surface area contributed by atoms with Crippen molar-refractivity contribution < 1.29 is 74.8 Å². The molecule has 24 heteroatoms. The zero-order valence-corrected chi connectivity index (χ0v) is 38.0. The normalized spacial score (nSPS) is 18.4. The van der Waals surface area contributed by atoms with Crippen molar-refractivity contribution in [2.75, 3.05) is 95.9 Å². The van der Waals surface area contributed by atoms with Crippen LogP contribution in [-0.2, 0) is 59.4 Å². The number of aromatic nitrogens is 1. The largest absolute Gasteiger partial charge is 0.382 e. The number of fused-ring (bicyclic) bond motifs is 2. The summed E-state index contributed by atoms with van der Waals surface area (Å²) < 4.78 is 83.1. The molecule has 1 aromatic heterocycles. The van der Waals surface area contributed by atoms with Gasteiger partial charge in [0.1, 0.15) is 22.7 Å². The van der Waals surface area contributed by atoms with Gasteiger partial charge >= 0.3 is 0 Å². The van der Waals surface area contributed by atoms with Crippen molar-refractivity contribution in [1.82, 2.24) is 25.2 Å². The van der Waals surface area contributed by atoms with Crippen molar-refractivity contribution in [3.63, 3.8) is 0 Å². The van der Waals surface area contributed by atoms with E-state index in [1.54, 1.807) is 30.3 Å². The van der Waals surface area contributed by atoms with Crippen LogP contribution >= 0.6 is 0 Å². The first-order valence-electron chi connectivity index (χ1n) is 22.0. The summed E-state index contributed by atoms with van der Waals surface area (Å²) in [5, 5.41) is 19.0. The average molecular weight is 984 g/mol. The predicted octanol–water partition coefficient (Wildman–Crippen LogP) is 1.10. The van der Waals surface area contributed by atoms with Crippen LogP contribution in [0.15, 0.2) is 65.7 Å². The number of carbonyl (C=O) groups excluding carboxylic acids is 6. The Morgan fingerprint density at radius 1 is 0.797 bits per heavy atom. The molecule has 370 valence electrons. The van der Waals surface area contributed by atoms with E-state index in [4.69, 9.17) is 23.7 Å². The van der Waals surface area contributed by atoms with Crippen LogP contribution in [0.5, 0.6) is 0 Å². The number of carbonyl (C=O) groups is 6. The summed E-state index contributed by atoms with van der Waals surface area (Å²) in [7, 11) is -3.98. The van der Waals surface area contributed by atoms with E-state index in [-0.39, 0.29) is 87.0 Å². The van der Waals surface area contributed by atoms with Crippen LogP contribution in [0.3, 0.4) is 0 Å². The fourth-order valence-electron chi connectivity index (χ4n) is 7.84. The maximum absolute atomic E-state index is 13.5. The second kappa shape index (κ2) is 22.9. The second-order valence-electron chi connectivity index (χ2n) is 16.0. The molecule has 2 unspecified atom stereocenters. The number of H-pyrrole nitrogens is 1. The molecule has 0 radical (unpaired) electrons. The lowest BCUT2D eigenvalue weighted by Crippen LogP contribution is -2.54. The van der Waals surface area contributed by atoms with Crippen LogP contribution in [0.1, 0.15) is 45.5 Å². The number of nitrogens with zero attached hydrogens (tertiary/aromatic N) is 2. The van der Waals surface area contributed by atoms with E-state index in [0.717, 1.165) is 17.0 Å². The number of imide groups is 2. The van der Waals surface area contributed by atoms with Crippen LogP contribution in [-0.4, -0.2) is 156 Å². The van der Waals surface area contributed by atoms with Gasteiger partial charge in [-0.15, -0.1) is 0 Å². The lowest BCUT2D eigenvalue weighted by atomic mass is 10.0. The maximum atomic E-state index is 13.5. The highest BCUT2D eigenvalue weighted by atomic mass is 32.2. The van der Waals surface area contributed by atoms with Gasteiger partial charge in [0.2, 0.25) is 17.4 Å². The number of hydrogen-bond donors (Lipinski definition) is 6. The summed E-state index contributed by atoms with van der Waals surface area (Å²) in [6.45, 7) is 2.69. The standard InChI is InChI=1S/C45H51F2N7O14S/c46-30-22-28(23-31(47)26-30)27-49-43(59)45(61)8-11-53(44(45)60)32-4-5-34-29(24-32)25-38(51-34)69(62,63)50-10-13-65-15-17-67-19-21-68-20-18-66-16-14-64-12-9-48-35-3-1-2-33-39(35)42(58)54(41(33)57)36-6-7-37(55)52-40(36)56/h1-5,22-26,36,48,50-51,61H,6-21,27H2,(H,49,59)(H,52,55,56). The molecule has 4 aromatic rings. The maximum Gasteiger partial charge on any atom is 0.268 e. The Labute approximate surface area is 394 Å². The number of hydrogen-bond acceptors (Lipinski definition) is 15. The molecule has 0 bridgehead atoms. The van der Waals surface area contributed by atoms with E-state index in [9.17, 15) is 51.1 Å². The molecule has 4 heterocycles. The van der Waals surface area contributed by atoms with E-state index in [0.29, 0.717) is 74.5 Å². The summed E-state index contributed by atoms with van der Waals surface area (Å²) in [6.07, 6.45) is -0.137. The Bertz CT molecular complexity index is 2670. The first kappa shape index (κ1) is 50.6. The molecule has 3 aliphatic rings. The molecular weight excluding hydrogens is 933 g/mol. The first-order chi connectivity index (χ1) is 33.2. The Morgan fingerprint density at radius 2 is 1.43 bits per heavy atom. The number of piperidine rings is 1. The SMILES string of the molecule is O=C1CCC(N2C(=O)c3cccc(NCCOCCOCCOCCOCCOCCNS(=O)(=O)c4cc5cc(N6CCC(O)(C(=O)NCc7cc(F)cc(F)c7)C6=O)ccc5[nH]4)c3C2=O)C(=O)N1. The molecule has 21 nitrogen and oxygen atoms in total. The van der Waals surface area contributed by atoms with Crippen molar-refractivity contribution >= 4 is 67.7 Å². The molecule has 3 aromatic carbocycles. The quantitative estimate of drug-likeness (QED) is 0.0292. The number of sulfonamides is 1. The molecule has 2 saturated heterocycles. The lowest BCUT2D eigenvalue weighted by Gasteiger charge is -2.27. The van der Waals surface area contributed by atoms with Gasteiger partial charge in [0, 0.05) is 67.4 Å². The first-order valence-corrected chi connectivity index (χ1v) is 23.5. The highest BCUT2D eigenvalue weighted by Crippen LogP contribution is 2.33.